The summed E-state index contributed by atoms with van der Waals surface area (Å²) < 4.78 is 37.2. The SMILES string of the molecule is O=C(CC=NCc1ccc(C(F)(F)F)cc1)c1ccccc1. The number of hydrogen-bond acceptors (Lipinski definition) is 2. The fourth-order valence-corrected chi connectivity index (χ4v) is 1.86. The minimum absolute atomic E-state index is 0.0447. The van der Waals surface area contributed by atoms with Gasteiger partial charge in [-0.1, -0.05) is 42.5 Å². The van der Waals surface area contributed by atoms with Crippen LogP contribution < -0.4 is 0 Å². The summed E-state index contributed by atoms with van der Waals surface area (Å²) in [6.45, 7) is 0.250. The van der Waals surface area contributed by atoms with Crippen molar-refractivity contribution in [2.45, 2.75) is 19.1 Å². The van der Waals surface area contributed by atoms with Crippen molar-refractivity contribution in [2.24, 2.45) is 4.99 Å². The van der Waals surface area contributed by atoms with E-state index in [1.165, 1.54) is 18.3 Å². The van der Waals surface area contributed by atoms with Crippen molar-refractivity contribution in [3.63, 3.8) is 0 Å². The number of hydrogen-bond donors (Lipinski definition) is 0. The van der Waals surface area contributed by atoms with Crippen LogP contribution in [-0.2, 0) is 12.7 Å². The van der Waals surface area contributed by atoms with Gasteiger partial charge in [-0.3, -0.25) is 9.79 Å². The van der Waals surface area contributed by atoms with Crippen LogP contribution >= 0.6 is 0 Å². The Balaban J connectivity index is 1.86. The molecule has 2 rings (SSSR count). The van der Waals surface area contributed by atoms with Crippen LogP contribution in [-0.4, -0.2) is 12.0 Å². The number of Topliss-reactive ketones (excluding diaryl/α,β-unsaturated/α-hetero) is 1. The zero-order valence-electron chi connectivity index (χ0n) is 11.7. The molecule has 114 valence electrons. The second-order valence-corrected chi connectivity index (χ2v) is 4.71. The van der Waals surface area contributed by atoms with E-state index in [9.17, 15) is 18.0 Å². The van der Waals surface area contributed by atoms with Gasteiger partial charge < -0.3 is 0 Å². The van der Waals surface area contributed by atoms with E-state index in [-0.39, 0.29) is 18.7 Å². The maximum Gasteiger partial charge on any atom is 0.416 e. The zero-order chi connectivity index (χ0) is 16.0. The second kappa shape index (κ2) is 7.02. The topological polar surface area (TPSA) is 29.4 Å². The first-order chi connectivity index (χ1) is 10.5. The van der Waals surface area contributed by atoms with Gasteiger partial charge in [0.25, 0.3) is 0 Å². The van der Waals surface area contributed by atoms with Gasteiger partial charge in [-0.25, -0.2) is 0 Å². The summed E-state index contributed by atoms with van der Waals surface area (Å²) in [5, 5.41) is 0. The third-order valence-corrected chi connectivity index (χ3v) is 3.06. The summed E-state index contributed by atoms with van der Waals surface area (Å²) in [7, 11) is 0. The molecule has 0 saturated heterocycles. The molecular weight excluding hydrogens is 291 g/mol. The number of benzene rings is 2. The van der Waals surface area contributed by atoms with Gasteiger partial charge >= 0.3 is 6.18 Å². The van der Waals surface area contributed by atoms with Crippen LogP contribution in [0.1, 0.15) is 27.9 Å². The minimum Gasteiger partial charge on any atom is -0.294 e. The van der Waals surface area contributed by atoms with Gasteiger partial charge in [0, 0.05) is 18.2 Å². The lowest BCUT2D eigenvalue weighted by Crippen LogP contribution is -2.04. The molecule has 0 heterocycles. The number of ketones is 1. The molecule has 0 radical (unpaired) electrons. The average molecular weight is 305 g/mol. The highest BCUT2D eigenvalue weighted by atomic mass is 19.4. The lowest BCUT2D eigenvalue weighted by Gasteiger charge is -2.06. The van der Waals surface area contributed by atoms with E-state index in [2.05, 4.69) is 4.99 Å². The molecule has 0 aliphatic carbocycles. The number of aliphatic imine (C=N–C) groups is 1. The Labute approximate surface area is 126 Å². The monoisotopic (exact) mass is 305 g/mol. The molecule has 5 heteroatoms. The Kier molecular flexibility index (Phi) is 5.09. The maximum absolute atomic E-state index is 12.4. The molecule has 0 spiro atoms. The molecule has 2 aromatic rings. The highest BCUT2D eigenvalue weighted by Gasteiger charge is 2.29. The van der Waals surface area contributed by atoms with Crippen LogP contribution in [0.5, 0.6) is 0 Å². The van der Waals surface area contributed by atoms with Crippen LogP contribution in [0.4, 0.5) is 13.2 Å². The lowest BCUT2D eigenvalue weighted by molar-refractivity contribution is -0.137. The van der Waals surface area contributed by atoms with Gasteiger partial charge in [0.05, 0.1) is 12.1 Å². The Hall–Kier alpha value is -2.43. The predicted molar refractivity (Wildman–Crippen MR) is 79.0 cm³/mol. The number of nitrogens with zero attached hydrogens (tertiary/aromatic N) is 1. The largest absolute Gasteiger partial charge is 0.416 e. The molecule has 2 aromatic carbocycles. The summed E-state index contributed by atoms with van der Waals surface area (Å²) in [6, 6.07) is 13.7. The number of rotatable bonds is 5. The van der Waals surface area contributed by atoms with Gasteiger partial charge in [0.1, 0.15) is 0 Å². The smallest absolute Gasteiger partial charge is 0.294 e. The average Bonchev–Trinajstić information content (AvgIpc) is 2.52. The van der Waals surface area contributed by atoms with Crippen LogP contribution in [0.3, 0.4) is 0 Å². The number of carbonyl (C=O) groups is 1. The summed E-state index contributed by atoms with van der Waals surface area (Å²) in [4.78, 5) is 15.9. The fraction of sp³-hybridized carbons (Fsp3) is 0.176. The summed E-state index contributed by atoms with van der Waals surface area (Å²) >= 11 is 0. The van der Waals surface area contributed by atoms with Crippen molar-refractivity contribution < 1.29 is 18.0 Å². The first-order valence-electron chi connectivity index (χ1n) is 6.69. The summed E-state index contributed by atoms with van der Waals surface area (Å²) in [5.74, 6) is -0.0447. The second-order valence-electron chi connectivity index (χ2n) is 4.71. The Morgan fingerprint density at radius 3 is 2.23 bits per heavy atom. The first-order valence-corrected chi connectivity index (χ1v) is 6.69. The van der Waals surface area contributed by atoms with Crippen molar-refractivity contribution in [1.82, 2.24) is 0 Å². The fourth-order valence-electron chi connectivity index (χ4n) is 1.86. The van der Waals surface area contributed by atoms with Crippen LogP contribution in [0.2, 0.25) is 0 Å². The van der Waals surface area contributed by atoms with Crippen LogP contribution in [0, 0.1) is 0 Å². The zero-order valence-corrected chi connectivity index (χ0v) is 11.7. The first kappa shape index (κ1) is 15.9. The van der Waals surface area contributed by atoms with Gasteiger partial charge in [-0.05, 0) is 17.7 Å². The Morgan fingerprint density at radius 2 is 1.64 bits per heavy atom. The molecular formula is C17H14F3NO. The van der Waals surface area contributed by atoms with Crippen LogP contribution in [0.15, 0.2) is 59.6 Å². The highest BCUT2D eigenvalue weighted by Crippen LogP contribution is 2.29. The molecule has 0 N–H and O–H groups in total. The molecule has 0 aliphatic heterocycles. The molecule has 0 bridgehead atoms. The third-order valence-electron chi connectivity index (χ3n) is 3.06. The normalized spacial score (nSPS) is 11.8. The molecule has 0 unspecified atom stereocenters. The Bertz CT molecular complexity index is 646. The minimum atomic E-state index is -4.33. The molecule has 2 nitrogen and oxygen atoms in total. The van der Waals surface area contributed by atoms with Crippen LogP contribution in [0.25, 0.3) is 0 Å². The quantitative estimate of drug-likeness (QED) is 0.588. The molecule has 0 amide bonds. The van der Waals surface area contributed by atoms with Gasteiger partial charge in [0.15, 0.2) is 5.78 Å². The summed E-state index contributed by atoms with van der Waals surface area (Å²) in [6.07, 6.45) is -2.67. The molecule has 0 aromatic heterocycles. The Morgan fingerprint density at radius 1 is 1.00 bits per heavy atom. The van der Waals surface area contributed by atoms with E-state index in [0.29, 0.717) is 11.1 Å². The van der Waals surface area contributed by atoms with E-state index in [1.807, 2.05) is 6.07 Å². The van der Waals surface area contributed by atoms with E-state index in [4.69, 9.17) is 0 Å². The number of halogens is 3. The number of alkyl halides is 3. The lowest BCUT2D eigenvalue weighted by atomic mass is 10.1. The van der Waals surface area contributed by atoms with Gasteiger partial charge in [0.2, 0.25) is 0 Å². The molecule has 0 aliphatic rings. The van der Waals surface area contributed by atoms with E-state index >= 15 is 0 Å². The van der Waals surface area contributed by atoms with E-state index < -0.39 is 11.7 Å². The van der Waals surface area contributed by atoms with E-state index in [1.54, 1.807) is 24.3 Å². The van der Waals surface area contributed by atoms with Crippen molar-refractivity contribution in [3.05, 3.63) is 71.3 Å². The van der Waals surface area contributed by atoms with Crippen molar-refractivity contribution in [2.75, 3.05) is 0 Å². The molecule has 0 saturated carbocycles. The standard InChI is InChI=1S/C17H14F3NO/c18-17(19,20)15-8-6-13(7-9-15)12-21-11-10-16(22)14-4-2-1-3-5-14/h1-9,11H,10,12H2. The molecule has 22 heavy (non-hydrogen) atoms. The van der Waals surface area contributed by atoms with Gasteiger partial charge in [-0.2, -0.15) is 13.2 Å². The maximum atomic E-state index is 12.4. The van der Waals surface area contributed by atoms with Crippen molar-refractivity contribution in [3.8, 4) is 0 Å². The molecule has 0 fully saturated rings. The summed E-state index contributed by atoms with van der Waals surface area (Å²) in [5.41, 5.74) is 0.597. The van der Waals surface area contributed by atoms with Crippen molar-refractivity contribution in [1.29, 1.82) is 0 Å². The van der Waals surface area contributed by atoms with Gasteiger partial charge in [-0.15, -0.1) is 0 Å². The highest BCUT2D eigenvalue weighted by molar-refractivity contribution is 6.03. The van der Waals surface area contributed by atoms with Crippen molar-refractivity contribution >= 4 is 12.0 Å². The third kappa shape index (κ3) is 4.55. The molecule has 0 atom stereocenters. The number of carbonyl (C=O) groups excluding carboxylic acids is 1. The van der Waals surface area contributed by atoms with E-state index in [0.717, 1.165) is 12.1 Å². The predicted octanol–water partition coefficient (Wildman–Crippen LogP) is 4.55.